The largest absolute Gasteiger partial charge is 0.334 e. The molecular formula is C20H19F2N3O3S. The summed E-state index contributed by atoms with van der Waals surface area (Å²) in [5, 5.41) is 2.79. The zero-order valence-electron chi connectivity index (χ0n) is 15.4. The summed E-state index contributed by atoms with van der Waals surface area (Å²) in [6, 6.07) is 10.4. The Morgan fingerprint density at radius 3 is 1.93 bits per heavy atom. The molecule has 1 N–H and O–H groups in total. The minimum absolute atomic E-state index is 0.0500. The number of amides is 2. The molecule has 2 aromatic carbocycles. The van der Waals surface area contributed by atoms with Crippen molar-refractivity contribution in [2.75, 3.05) is 26.2 Å². The maximum absolute atomic E-state index is 13.1. The normalized spacial score (nSPS) is 17.0. The summed E-state index contributed by atoms with van der Waals surface area (Å²) in [5.41, 5.74) is 2.61. The van der Waals surface area contributed by atoms with Gasteiger partial charge in [0, 0.05) is 32.7 Å². The summed E-state index contributed by atoms with van der Waals surface area (Å²) in [4.78, 5) is 14.1. The van der Waals surface area contributed by atoms with Gasteiger partial charge in [-0.15, -0.1) is 0 Å². The highest BCUT2D eigenvalue weighted by Gasteiger charge is 2.37. The first-order valence-corrected chi connectivity index (χ1v) is 10.5. The van der Waals surface area contributed by atoms with Crippen LogP contribution >= 0.6 is 0 Å². The summed E-state index contributed by atoms with van der Waals surface area (Å²) in [6.07, 6.45) is 0. The van der Waals surface area contributed by atoms with Crippen LogP contribution in [0.4, 0.5) is 13.6 Å². The Labute approximate surface area is 167 Å². The zero-order chi connectivity index (χ0) is 20.6. The topological polar surface area (TPSA) is 69.7 Å². The molecule has 0 radical (unpaired) electrons. The molecule has 0 aromatic heterocycles. The molecular weight excluding hydrogens is 400 g/mol. The third-order valence-electron chi connectivity index (χ3n) is 5.09. The Bertz CT molecular complexity index is 1050. The van der Waals surface area contributed by atoms with E-state index in [1.54, 1.807) is 17.0 Å². The predicted octanol–water partition coefficient (Wildman–Crippen LogP) is 2.49. The Kier molecular flexibility index (Phi) is 5.10. The van der Waals surface area contributed by atoms with Crippen LogP contribution in [0.2, 0.25) is 0 Å². The van der Waals surface area contributed by atoms with E-state index in [4.69, 9.17) is 0 Å². The number of nitrogens with zero attached hydrogens (tertiary/aromatic N) is 2. The van der Waals surface area contributed by atoms with Crippen molar-refractivity contribution in [1.82, 2.24) is 14.5 Å². The molecule has 0 aliphatic carbocycles. The highest BCUT2D eigenvalue weighted by atomic mass is 32.2. The van der Waals surface area contributed by atoms with Crippen molar-refractivity contribution in [2.24, 2.45) is 0 Å². The van der Waals surface area contributed by atoms with Crippen LogP contribution in [0.5, 0.6) is 0 Å². The average molecular weight is 419 g/mol. The van der Waals surface area contributed by atoms with Crippen molar-refractivity contribution in [3.05, 3.63) is 76.9 Å². The lowest BCUT2D eigenvalue weighted by Crippen LogP contribution is -2.41. The molecule has 0 atom stereocenters. The van der Waals surface area contributed by atoms with Crippen molar-refractivity contribution in [3.8, 4) is 0 Å². The molecule has 0 unspecified atom stereocenters. The van der Waals surface area contributed by atoms with Crippen LogP contribution in [-0.2, 0) is 16.6 Å². The molecule has 152 valence electrons. The Hall–Kier alpha value is -2.78. The molecule has 2 aromatic rings. The van der Waals surface area contributed by atoms with Crippen LogP contribution in [0.1, 0.15) is 5.56 Å². The monoisotopic (exact) mass is 419 g/mol. The molecule has 2 heterocycles. The molecule has 0 saturated heterocycles. The van der Waals surface area contributed by atoms with E-state index in [0.717, 1.165) is 28.8 Å². The number of hydrogen-bond acceptors (Lipinski definition) is 3. The number of sulfonamides is 1. The number of hydrogen-bond donors (Lipinski definition) is 1. The first-order chi connectivity index (χ1) is 13.8. The van der Waals surface area contributed by atoms with Crippen molar-refractivity contribution in [1.29, 1.82) is 0 Å². The predicted molar refractivity (Wildman–Crippen MR) is 102 cm³/mol. The number of urea groups is 1. The van der Waals surface area contributed by atoms with E-state index >= 15 is 0 Å². The van der Waals surface area contributed by atoms with E-state index in [1.807, 2.05) is 0 Å². The fourth-order valence-corrected chi connectivity index (χ4v) is 4.94. The van der Waals surface area contributed by atoms with Crippen molar-refractivity contribution in [2.45, 2.75) is 11.4 Å². The number of halogens is 2. The molecule has 0 fully saturated rings. The van der Waals surface area contributed by atoms with Crippen molar-refractivity contribution < 1.29 is 22.0 Å². The van der Waals surface area contributed by atoms with Gasteiger partial charge in [0.15, 0.2) is 0 Å². The highest BCUT2D eigenvalue weighted by Crippen LogP contribution is 2.30. The maximum Gasteiger partial charge on any atom is 0.318 e. The van der Waals surface area contributed by atoms with E-state index in [9.17, 15) is 22.0 Å². The van der Waals surface area contributed by atoms with Crippen LogP contribution in [0.25, 0.3) is 0 Å². The van der Waals surface area contributed by atoms with Gasteiger partial charge in [-0.1, -0.05) is 12.1 Å². The van der Waals surface area contributed by atoms with Crippen LogP contribution in [0.3, 0.4) is 0 Å². The minimum atomic E-state index is -3.71. The summed E-state index contributed by atoms with van der Waals surface area (Å²) in [6.45, 7) is 1.44. The van der Waals surface area contributed by atoms with Gasteiger partial charge in [-0.3, -0.25) is 0 Å². The van der Waals surface area contributed by atoms with Crippen LogP contribution < -0.4 is 5.32 Å². The van der Waals surface area contributed by atoms with E-state index < -0.39 is 15.8 Å². The van der Waals surface area contributed by atoms with Gasteiger partial charge in [0.25, 0.3) is 0 Å². The number of carbonyl (C=O) groups is 1. The van der Waals surface area contributed by atoms with Gasteiger partial charge in [-0.05, 0) is 53.1 Å². The Morgan fingerprint density at radius 1 is 0.862 bits per heavy atom. The van der Waals surface area contributed by atoms with E-state index in [-0.39, 0.29) is 36.4 Å². The lowest BCUT2D eigenvalue weighted by molar-refractivity contribution is 0.208. The van der Waals surface area contributed by atoms with Crippen LogP contribution in [-0.4, -0.2) is 49.8 Å². The molecule has 4 rings (SSSR count). The average Bonchev–Trinajstić information content (AvgIpc) is 3.27. The maximum atomic E-state index is 13.1. The van der Waals surface area contributed by atoms with Gasteiger partial charge < -0.3 is 10.2 Å². The van der Waals surface area contributed by atoms with Crippen molar-refractivity contribution >= 4 is 16.1 Å². The van der Waals surface area contributed by atoms with Gasteiger partial charge in [0.2, 0.25) is 10.0 Å². The number of benzene rings is 2. The summed E-state index contributed by atoms with van der Waals surface area (Å²) >= 11 is 0. The van der Waals surface area contributed by atoms with Gasteiger partial charge in [0.05, 0.1) is 4.90 Å². The second-order valence-corrected chi connectivity index (χ2v) is 9.01. The van der Waals surface area contributed by atoms with E-state index in [1.165, 1.54) is 28.6 Å². The molecule has 0 spiro atoms. The first-order valence-electron chi connectivity index (χ1n) is 9.05. The zero-order valence-corrected chi connectivity index (χ0v) is 16.3. The molecule has 2 aliphatic heterocycles. The lowest BCUT2D eigenvalue weighted by atomic mass is 10.2. The number of carbonyl (C=O) groups excluding carboxylic acids is 1. The molecule has 2 aliphatic rings. The van der Waals surface area contributed by atoms with Crippen LogP contribution in [0, 0.1) is 11.6 Å². The van der Waals surface area contributed by atoms with Gasteiger partial charge in [0.1, 0.15) is 11.6 Å². The molecule has 0 bridgehead atoms. The molecule has 0 saturated carbocycles. The summed E-state index contributed by atoms with van der Waals surface area (Å²) < 4.78 is 52.8. The lowest BCUT2D eigenvalue weighted by Gasteiger charge is -2.23. The fraction of sp³-hybridized carbons (Fsp3) is 0.250. The van der Waals surface area contributed by atoms with Gasteiger partial charge in [-0.2, -0.15) is 4.31 Å². The molecule has 29 heavy (non-hydrogen) atoms. The van der Waals surface area contributed by atoms with Gasteiger partial charge >= 0.3 is 6.03 Å². The Morgan fingerprint density at radius 2 is 1.38 bits per heavy atom. The fourth-order valence-electron chi connectivity index (χ4n) is 3.51. The quantitative estimate of drug-likeness (QED) is 0.775. The molecule has 9 heteroatoms. The van der Waals surface area contributed by atoms with Crippen LogP contribution in [0.15, 0.2) is 64.6 Å². The smallest absolute Gasteiger partial charge is 0.318 e. The van der Waals surface area contributed by atoms with E-state index in [2.05, 4.69) is 5.32 Å². The second-order valence-electron chi connectivity index (χ2n) is 7.08. The number of nitrogens with one attached hydrogen (secondary N) is 1. The standard InChI is InChI=1S/C20H19F2N3O3S/c21-17-3-1-14(2-4-17)9-23-20(26)24-10-15-12-25(13-16(15)11-24)29(27,28)19-7-5-18(22)6-8-19/h1-8H,9-13H2,(H,23,26). The van der Waals surface area contributed by atoms with Gasteiger partial charge in [-0.25, -0.2) is 22.0 Å². The summed E-state index contributed by atoms with van der Waals surface area (Å²) in [5.74, 6) is -0.825. The minimum Gasteiger partial charge on any atom is -0.334 e. The second kappa shape index (κ2) is 7.57. The van der Waals surface area contributed by atoms with E-state index in [0.29, 0.717) is 13.1 Å². The third kappa shape index (κ3) is 4.01. The summed E-state index contributed by atoms with van der Waals surface area (Å²) in [7, 11) is -3.71. The first kappa shape index (κ1) is 19.5. The Balaban J connectivity index is 1.33. The molecule has 2 amide bonds. The SMILES string of the molecule is O=C(NCc1ccc(F)cc1)N1CC2=C(C1)CN(S(=O)(=O)c1ccc(F)cc1)C2. The highest BCUT2D eigenvalue weighted by molar-refractivity contribution is 7.89. The molecule has 6 nitrogen and oxygen atoms in total. The van der Waals surface area contributed by atoms with Crippen molar-refractivity contribution in [3.63, 3.8) is 0 Å². The third-order valence-corrected chi connectivity index (χ3v) is 6.90. The number of rotatable bonds is 4.